The van der Waals surface area contributed by atoms with Crippen LogP contribution in [-0.4, -0.2) is 43.1 Å². The van der Waals surface area contributed by atoms with Crippen LogP contribution in [0.5, 0.6) is 0 Å². The Labute approximate surface area is 173 Å². The van der Waals surface area contributed by atoms with Gasteiger partial charge in [0.25, 0.3) is 5.56 Å². The summed E-state index contributed by atoms with van der Waals surface area (Å²) in [5.41, 5.74) is 5.54. The molecule has 2 aliphatic rings. The maximum atomic E-state index is 12.8. The molecule has 2 aliphatic heterocycles. The lowest BCUT2D eigenvalue weighted by Crippen LogP contribution is -2.36. The monoisotopic (exact) mass is 410 g/mol. The molecule has 0 spiro atoms. The average molecular weight is 411 g/mol. The van der Waals surface area contributed by atoms with Crippen molar-refractivity contribution in [1.82, 2.24) is 24.3 Å². The molecule has 0 radical (unpaired) electrons. The molecule has 29 heavy (non-hydrogen) atoms. The summed E-state index contributed by atoms with van der Waals surface area (Å²) in [6.07, 6.45) is 5.77. The fourth-order valence-corrected chi connectivity index (χ4v) is 4.39. The number of aryl methyl sites for hydroxylation is 1. The summed E-state index contributed by atoms with van der Waals surface area (Å²) >= 11 is 6.18. The molecule has 5 heterocycles. The first-order valence-corrected chi connectivity index (χ1v) is 10.5. The van der Waals surface area contributed by atoms with Gasteiger partial charge in [-0.1, -0.05) is 11.6 Å². The van der Waals surface area contributed by atoms with Crippen LogP contribution in [0.1, 0.15) is 47.7 Å². The van der Waals surface area contributed by atoms with Crippen molar-refractivity contribution in [3.8, 4) is 0 Å². The van der Waals surface area contributed by atoms with E-state index in [4.69, 9.17) is 16.6 Å². The van der Waals surface area contributed by atoms with Gasteiger partial charge in [-0.25, -0.2) is 9.97 Å². The summed E-state index contributed by atoms with van der Waals surface area (Å²) in [4.78, 5) is 32.0. The van der Waals surface area contributed by atoms with E-state index < -0.39 is 0 Å². The second kappa shape index (κ2) is 7.39. The number of hydrogen-bond donors (Lipinski definition) is 1. The van der Waals surface area contributed by atoms with E-state index in [1.807, 2.05) is 29.7 Å². The topological polar surface area (TPSA) is 78.7 Å². The number of aliphatic imine (C=N–C) groups is 1. The van der Waals surface area contributed by atoms with Crippen molar-refractivity contribution >= 4 is 23.0 Å². The lowest BCUT2D eigenvalue weighted by Gasteiger charge is -2.28. The maximum Gasteiger partial charge on any atom is 0.255 e. The summed E-state index contributed by atoms with van der Waals surface area (Å²) in [6, 6.07) is 3.78. The highest BCUT2D eigenvalue weighted by Gasteiger charge is 2.24. The minimum Gasteiger partial charge on any atom is -0.305 e. The average Bonchev–Trinajstić information content (AvgIpc) is 3.03. The van der Waals surface area contributed by atoms with Gasteiger partial charge in [0.2, 0.25) is 0 Å². The second-order valence-electron chi connectivity index (χ2n) is 7.81. The van der Waals surface area contributed by atoms with Gasteiger partial charge in [-0.3, -0.25) is 14.7 Å². The van der Waals surface area contributed by atoms with Crippen molar-refractivity contribution in [3.63, 3.8) is 0 Å². The number of pyridine rings is 1. The summed E-state index contributed by atoms with van der Waals surface area (Å²) in [6.45, 7) is 4.98. The molecule has 5 rings (SSSR count). The third-order valence-electron chi connectivity index (χ3n) is 5.80. The lowest BCUT2D eigenvalue weighted by atomic mass is 10.0. The molecule has 0 saturated heterocycles. The third-order valence-corrected chi connectivity index (χ3v) is 6.02. The van der Waals surface area contributed by atoms with E-state index in [9.17, 15) is 4.79 Å². The number of aromatic amines is 1. The van der Waals surface area contributed by atoms with Crippen LogP contribution < -0.4 is 5.56 Å². The minimum absolute atomic E-state index is 0.0408. The Kier molecular flexibility index (Phi) is 4.72. The summed E-state index contributed by atoms with van der Waals surface area (Å²) in [5.74, 6) is 0.661. The number of fused-ring (bicyclic) bond motifs is 2. The molecule has 3 aromatic rings. The first-order valence-electron chi connectivity index (χ1n) is 10.1. The van der Waals surface area contributed by atoms with Gasteiger partial charge < -0.3 is 9.38 Å². The van der Waals surface area contributed by atoms with Gasteiger partial charge in [0.05, 0.1) is 33.4 Å². The predicted octanol–water partition coefficient (Wildman–Crippen LogP) is 2.91. The minimum atomic E-state index is -0.0408. The number of rotatable bonds is 3. The van der Waals surface area contributed by atoms with E-state index in [0.29, 0.717) is 23.9 Å². The van der Waals surface area contributed by atoms with E-state index in [2.05, 4.69) is 19.9 Å². The molecule has 0 saturated carbocycles. The number of imidazole rings is 1. The van der Waals surface area contributed by atoms with Crippen LogP contribution in [0.15, 0.2) is 28.1 Å². The number of aromatic nitrogens is 4. The van der Waals surface area contributed by atoms with Crippen LogP contribution in [0.4, 0.5) is 0 Å². The standard InChI is InChI=1S/C21H23ClN6O/c1-13-18(28-10-14(22)5-6-19(28)24-13)12-27-9-7-16-15(11-27)21(29)26-20(25-16)17-4-2-3-8-23-17/h5-6,10H,2-4,7-9,11-12H2,1H3,(H,25,26,29). The molecule has 0 aromatic carbocycles. The van der Waals surface area contributed by atoms with E-state index in [-0.39, 0.29) is 5.56 Å². The van der Waals surface area contributed by atoms with Crippen molar-refractivity contribution in [2.24, 2.45) is 4.99 Å². The molecular weight excluding hydrogens is 388 g/mol. The largest absolute Gasteiger partial charge is 0.305 e. The molecule has 0 aliphatic carbocycles. The van der Waals surface area contributed by atoms with Crippen molar-refractivity contribution in [3.05, 3.63) is 62.2 Å². The maximum absolute atomic E-state index is 12.8. The van der Waals surface area contributed by atoms with Gasteiger partial charge in [0.15, 0.2) is 5.82 Å². The molecule has 150 valence electrons. The van der Waals surface area contributed by atoms with Crippen LogP contribution in [0.2, 0.25) is 5.02 Å². The molecule has 0 bridgehead atoms. The Bertz CT molecular complexity index is 1180. The summed E-state index contributed by atoms with van der Waals surface area (Å²) in [7, 11) is 0. The number of nitrogens with zero attached hydrogens (tertiary/aromatic N) is 5. The fraction of sp³-hybridized carbons (Fsp3) is 0.429. The molecule has 0 unspecified atom stereocenters. The molecule has 1 N–H and O–H groups in total. The third kappa shape index (κ3) is 3.49. The number of hydrogen-bond acceptors (Lipinski definition) is 5. The van der Waals surface area contributed by atoms with Gasteiger partial charge in [-0.05, 0) is 38.3 Å². The molecule has 0 amide bonds. The Morgan fingerprint density at radius 1 is 1.21 bits per heavy atom. The molecular formula is C21H23ClN6O. The summed E-state index contributed by atoms with van der Waals surface area (Å²) in [5, 5.41) is 0.680. The molecule has 3 aromatic heterocycles. The number of H-pyrrole nitrogens is 1. The highest BCUT2D eigenvalue weighted by Crippen LogP contribution is 2.21. The van der Waals surface area contributed by atoms with E-state index in [1.165, 1.54) is 0 Å². The zero-order chi connectivity index (χ0) is 20.0. The lowest BCUT2D eigenvalue weighted by molar-refractivity contribution is 0.237. The second-order valence-corrected chi connectivity index (χ2v) is 8.24. The van der Waals surface area contributed by atoms with Crippen molar-refractivity contribution in [2.45, 2.75) is 45.7 Å². The molecule has 0 fully saturated rings. The van der Waals surface area contributed by atoms with Gasteiger partial charge in [0.1, 0.15) is 5.65 Å². The molecule has 7 nitrogen and oxygen atoms in total. The first kappa shape index (κ1) is 18.5. The van der Waals surface area contributed by atoms with E-state index >= 15 is 0 Å². The van der Waals surface area contributed by atoms with Gasteiger partial charge in [-0.15, -0.1) is 0 Å². The van der Waals surface area contributed by atoms with Crippen LogP contribution >= 0.6 is 11.6 Å². The summed E-state index contributed by atoms with van der Waals surface area (Å²) < 4.78 is 2.04. The van der Waals surface area contributed by atoms with Crippen molar-refractivity contribution < 1.29 is 0 Å². The predicted molar refractivity (Wildman–Crippen MR) is 113 cm³/mol. The molecule has 8 heteroatoms. The Balaban J connectivity index is 1.42. The van der Waals surface area contributed by atoms with Gasteiger partial charge in [0, 0.05) is 38.8 Å². The van der Waals surface area contributed by atoms with Crippen molar-refractivity contribution in [2.75, 3.05) is 13.1 Å². The van der Waals surface area contributed by atoms with Crippen LogP contribution in [0.3, 0.4) is 0 Å². The quantitative estimate of drug-likeness (QED) is 0.720. The van der Waals surface area contributed by atoms with Gasteiger partial charge >= 0.3 is 0 Å². The normalized spacial score (nSPS) is 17.4. The van der Waals surface area contributed by atoms with E-state index in [1.54, 1.807) is 0 Å². The highest BCUT2D eigenvalue weighted by molar-refractivity contribution is 6.30. The van der Waals surface area contributed by atoms with E-state index in [0.717, 1.165) is 72.8 Å². The zero-order valence-electron chi connectivity index (χ0n) is 16.4. The number of halogens is 1. The SMILES string of the molecule is Cc1nc2ccc(Cl)cn2c1CN1CCc2nc(C3=NCCCC3)[nH]c(=O)c2C1. The zero-order valence-corrected chi connectivity index (χ0v) is 17.2. The smallest absolute Gasteiger partial charge is 0.255 e. The fourth-order valence-electron chi connectivity index (χ4n) is 4.23. The van der Waals surface area contributed by atoms with Gasteiger partial charge in [-0.2, -0.15) is 0 Å². The molecule has 0 atom stereocenters. The van der Waals surface area contributed by atoms with Crippen LogP contribution in [0.25, 0.3) is 5.65 Å². The Hall–Kier alpha value is -2.51. The Morgan fingerprint density at radius 2 is 2.10 bits per heavy atom. The van der Waals surface area contributed by atoms with Crippen LogP contribution in [-0.2, 0) is 19.5 Å². The van der Waals surface area contributed by atoms with Crippen molar-refractivity contribution in [1.29, 1.82) is 0 Å². The number of nitrogens with one attached hydrogen (secondary N) is 1. The Morgan fingerprint density at radius 3 is 2.93 bits per heavy atom. The van der Waals surface area contributed by atoms with Crippen LogP contribution in [0, 0.1) is 6.92 Å². The highest BCUT2D eigenvalue weighted by atomic mass is 35.5. The first-order chi connectivity index (χ1) is 14.1.